The second kappa shape index (κ2) is 7.19. The average molecular weight is 329 g/mol. The van der Waals surface area contributed by atoms with E-state index < -0.39 is 42.7 Å². The highest BCUT2D eigenvalue weighted by molar-refractivity contribution is 5.90. The van der Waals surface area contributed by atoms with Gasteiger partial charge in [-0.1, -0.05) is 13.8 Å². The predicted molar refractivity (Wildman–Crippen MR) is 85.0 cm³/mol. The van der Waals surface area contributed by atoms with Crippen LogP contribution in [0.15, 0.2) is 0 Å². The summed E-state index contributed by atoms with van der Waals surface area (Å²) >= 11 is 0. The molecule has 1 aliphatic rings. The largest absolute Gasteiger partial charge is 0.480 e. The van der Waals surface area contributed by atoms with E-state index in [2.05, 4.69) is 0 Å². The normalized spacial score (nSPS) is 20.2. The van der Waals surface area contributed by atoms with E-state index in [0.717, 1.165) is 4.90 Å². The van der Waals surface area contributed by atoms with E-state index in [1.54, 1.807) is 34.6 Å². The molecule has 1 heterocycles. The van der Waals surface area contributed by atoms with Crippen molar-refractivity contribution in [3.8, 4) is 0 Å². The maximum absolute atomic E-state index is 12.9. The molecular formula is C16H28N2O5. The van der Waals surface area contributed by atoms with Crippen LogP contribution < -0.4 is 0 Å². The molecule has 1 aliphatic heterocycles. The number of carboxylic acids is 1. The van der Waals surface area contributed by atoms with Gasteiger partial charge >= 0.3 is 12.1 Å². The van der Waals surface area contributed by atoms with Crippen molar-refractivity contribution >= 4 is 18.0 Å². The summed E-state index contributed by atoms with van der Waals surface area (Å²) in [7, 11) is -0.435. The fourth-order valence-corrected chi connectivity index (χ4v) is 2.67. The van der Waals surface area contributed by atoms with Gasteiger partial charge in [-0.2, -0.15) is 0 Å². The van der Waals surface area contributed by atoms with Crippen molar-refractivity contribution < 1.29 is 25.6 Å². The Balaban J connectivity index is 3.04. The van der Waals surface area contributed by atoms with E-state index in [4.69, 9.17) is 6.11 Å². The Morgan fingerprint density at radius 1 is 1.35 bits per heavy atom. The van der Waals surface area contributed by atoms with E-state index in [1.807, 2.05) is 0 Å². The number of amides is 2. The number of carboxylic acid groups (broad SMARTS) is 1. The number of likely N-dealkylation sites (tertiary alicyclic amines) is 1. The van der Waals surface area contributed by atoms with Crippen LogP contribution in [0.25, 0.3) is 0 Å². The van der Waals surface area contributed by atoms with Crippen LogP contribution in [0, 0.1) is 5.92 Å². The number of hydrogen-bond donors (Lipinski definition) is 1. The molecule has 0 radical (unpaired) electrons. The lowest BCUT2D eigenvalue weighted by atomic mass is 10.0. The Kier molecular flexibility index (Phi) is 5.49. The fraction of sp³-hybridized carbons (Fsp3) is 0.812. The highest BCUT2D eigenvalue weighted by atomic mass is 16.6. The molecule has 0 aromatic carbocycles. The highest BCUT2D eigenvalue weighted by Gasteiger charge is 2.41. The number of ether oxygens (including phenoxy) is 1. The van der Waals surface area contributed by atoms with Crippen molar-refractivity contribution in [1.29, 1.82) is 0 Å². The third-order valence-corrected chi connectivity index (χ3v) is 3.67. The second-order valence-corrected chi connectivity index (χ2v) is 7.17. The Morgan fingerprint density at radius 2 is 1.96 bits per heavy atom. The van der Waals surface area contributed by atoms with Gasteiger partial charge in [-0.25, -0.2) is 9.59 Å². The molecule has 0 unspecified atom stereocenters. The summed E-state index contributed by atoms with van der Waals surface area (Å²) in [5.74, 6) is -1.75. The van der Waals surface area contributed by atoms with Crippen LogP contribution in [0.1, 0.15) is 48.8 Å². The van der Waals surface area contributed by atoms with Crippen LogP contribution in [0.5, 0.6) is 0 Å². The standard InChI is InChI=1S/C16H28N2O5/c1-10(2)12(17(6)15(22)23-16(3,4)5)13(19)18-9-7-8-11(18)14(20)21/h10-12H,7-9H2,1-6H3,(H,20,21)/t11-,12-/m0/s1/i6D. The molecule has 23 heavy (non-hydrogen) atoms. The third kappa shape index (κ3) is 4.84. The summed E-state index contributed by atoms with van der Waals surface area (Å²) in [6.45, 7) is 9.00. The first-order valence-corrected chi connectivity index (χ1v) is 7.81. The van der Waals surface area contributed by atoms with Crippen LogP contribution in [0.3, 0.4) is 0 Å². The first-order chi connectivity index (χ1) is 11.0. The van der Waals surface area contributed by atoms with Crippen molar-refractivity contribution in [2.45, 2.75) is 65.1 Å². The smallest absolute Gasteiger partial charge is 0.410 e. The molecule has 0 saturated carbocycles. The molecule has 0 bridgehead atoms. The molecule has 0 spiro atoms. The quantitative estimate of drug-likeness (QED) is 0.852. The Morgan fingerprint density at radius 3 is 2.39 bits per heavy atom. The van der Waals surface area contributed by atoms with E-state index in [9.17, 15) is 19.5 Å². The van der Waals surface area contributed by atoms with Crippen LogP contribution >= 0.6 is 0 Å². The maximum atomic E-state index is 12.9. The number of hydrogen-bond acceptors (Lipinski definition) is 4. The van der Waals surface area contributed by atoms with Gasteiger partial charge < -0.3 is 14.7 Å². The molecule has 1 N–H and O–H groups in total. The summed E-state index contributed by atoms with van der Waals surface area (Å²) in [4.78, 5) is 39.0. The zero-order chi connectivity index (χ0) is 18.7. The minimum atomic E-state index is -1.04. The van der Waals surface area contributed by atoms with E-state index in [-0.39, 0.29) is 5.92 Å². The van der Waals surface area contributed by atoms with Gasteiger partial charge in [0.2, 0.25) is 5.91 Å². The van der Waals surface area contributed by atoms with Gasteiger partial charge in [0.15, 0.2) is 0 Å². The third-order valence-electron chi connectivity index (χ3n) is 3.67. The van der Waals surface area contributed by atoms with Gasteiger partial charge in [0.1, 0.15) is 17.7 Å². The number of nitrogens with zero attached hydrogens (tertiary/aromatic N) is 2. The number of rotatable bonds is 4. The van der Waals surface area contributed by atoms with Crippen LogP contribution in [0.4, 0.5) is 4.79 Å². The Bertz CT molecular complexity index is 489. The van der Waals surface area contributed by atoms with Crippen molar-refractivity contribution in [2.24, 2.45) is 5.92 Å². The van der Waals surface area contributed by atoms with Gasteiger partial charge in [0.05, 0.1) is 0 Å². The molecule has 2 atom stereocenters. The van der Waals surface area contributed by atoms with Crippen LogP contribution in [0.2, 0.25) is 0 Å². The molecule has 1 saturated heterocycles. The van der Waals surface area contributed by atoms with Gasteiger partial charge in [-0.15, -0.1) is 0 Å². The van der Waals surface area contributed by atoms with E-state index >= 15 is 0 Å². The summed E-state index contributed by atoms with van der Waals surface area (Å²) in [5, 5.41) is 9.27. The summed E-state index contributed by atoms with van der Waals surface area (Å²) in [5.41, 5.74) is -0.744. The molecule has 0 aliphatic carbocycles. The predicted octanol–water partition coefficient (Wildman–Crippen LogP) is 1.95. The number of aliphatic carboxylic acids is 1. The van der Waals surface area contributed by atoms with Gasteiger partial charge in [0.25, 0.3) is 0 Å². The minimum absolute atomic E-state index is 0.273. The zero-order valence-electron chi connectivity index (χ0n) is 15.5. The van der Waals surface area contributed by atoms with Gasteiger partial charge in [-0.05, 0) is 39.5 Å². The lowest BCUT2D eigenvalue weighted by molar-refractivity contribution is -0.150. The van der Waals surface area contributed by atoms with Gasteiger partial charge in [0, 0.05) is 14.9 Å². The number of carbonyl (C=O) groups excluding carboxylic acids is 2. The van der Waals surface area contributed by atoms with Crippen molar-refractivity contribution in [2.75, 3.05) is 13.6 Å². The van der Waals surface area contributed by atoms with Crippen LogP contribution in [-0.2, 0) is 14.3 Å². The number of carbonyl (C=O) groups is 3. The highest BCUT2D eigenvalue weighted by Crippen LogP contribution is 2.23. The second-order valence-electron chi connectivity index (χ2n) is 7.17. The Labute approximate surface area is 139 Å². The van der Waals surface area contributed by atoms with Gasteiger partial charge in [-0.3, -0.25) is 9.69 Å². The molecule has 1 fully saturated rings. The molecule has 0 aromatic rings. The SMILES string of the molecule is [2H]CN(C(=O)OC(C)(C)C)[C@H](C(=O)N1CCC[C@H]1C(=O)O)C(C)C. The molecular weight excluding hydrogens is 300 g/mol. The molecule has 132 valence electrons. The van der Waals surface area contributed by atoms with Crippen molar-refractivity contribution in [1.82, 2.24) is 9.80 Å². The lowest BCUT2D eigenvalue weighted by Crippen LogP contribution is -2.54. The summed E-state index contributed by atoms with van der Waals surface area (Å²) < 4.78 is 12.9. The summed E-state index contributed by atoms with van der Waals surface area (Å²) in [6.07, 6.45) is 0.274. The number of likely N-dealkylation sites (N-methyl/N-ethyl adjacent to an activating group) is 1. The first kappa shape index (κ1) is 17.6. The summed E-state index contributed by atoms with van der Waals surface area (Å²) in [6, 6.07) is -1.79. The zero-order valence-corrected chi connectivity index (χ0v) is 14.5. The first-order valence-electron chi connectivity index (χ1n) is 8.52. The average Bonchev–Trinajstić information content (AvgIpc) is 2.90. The monoisotopic (exact) mass is 329 g/mol. The minimum Gasteiger partial charge on any atom is -0.480 e. The van der Waals surface area contributed by atoms with E-state index in [0.29, 0.717) is 19.4 Å². The molecule has 7 heteroatoms. The Hall–Kier alpha value is -1.79. The lowest BCUT2D eigenvalue weighted by Gasteiger charge is -2.35. The fourth-order valence-electron chi connectivity index (χ4n) is 2.67. The molecule has 0 aromatic heterocycles. The molecule has 2 amide bonds. The van der Waals surface area contributed by atoms with Crippen LogP contribution in [-0.4, -0.2) is 64.1 Å². The topological polar surface area (TPSA) is 87.2 Å². The van der Waals surface area contributed by atoms with E-state index in [1.165, 1.54) is 4.90 Å². The molecule has 1 rings (SSSR count). The van der Waals surface area contributed by atoms with Crippen molar-refractivity contribution in [3.05, 3.63) is 0 Å². The molecule has 7 nitrogen and oxygen atoms in total. The van der Waals surface area contributed by atoms with Crippen molar-refractivity contribution in [3.63, 3.8) is 0 Å². The maximum Gasteiger partial charge on any atom is 0.410 e.